The van der Waals surface area contributed by atoms with Crippen LogP contribution in [0.1, 0.15) is 34.8 Å². The first kappa shape index (κ1) is 22.4. The lowest BCUT2D eigenvalue weighted by Gasteiger charge is -2.47. The molecule has 2 aliphatic heterocycles. The molecule has 4 aromatic rings. The van der Waals surface area contributed by atoms with Gasteiger partial charge in [-0.3, -0.25) is 9.59 Å². The normalized spacial score (nSPS) is 19.4. The zero-order valence-electron chi connectivity index (χ0n) is 20.3. The maximum absolute atomic E-state index is 13.8. The average molecular weight is 480 g/mol. The number of aromatic nitrogens is 1. The Kier molecular flexibility index (Phi) is 5.72. The van der Waals surface area contributed by atoms with Gasteiger partial charge in [-0.1, -0.05) is 60.7 Å². The summed E-state index contributed by atoms with van der Waals surface area (Å²) in [5, 5.41) is 1.11. The van der Waals surface area contributed by atoms with Crippen LogP contribution in [0.15, 0.2) is 78.9 Å². The molecule has 3 heterocycles. The molecule has 6 nitrogen and oxygen atoms in total. The van der Waals surface area contributed by atoms with Crippen molar-refractivity contribution in [1.82, 2.24) is 14.8 Å². The van der Waals surface area contributed by atoms with Gasteiger partial charge in [0.1, 0.15) is 11.8 Å². The third-order valence-corrected chi connectivity index (χ3v) is 7.49. The number of rotatable bonds is 6. The smallest absolute Gasteiger partial charge is 0.246 e. The van der Waals surface area contributed by atoms with E-state index in [4.69, 9.17) is 4.74 Å². The number of piperazine rings is 1. The molecular formula is C30H29N3O3. The van der Waals surface area contributed by atoms with Crippen molar-refractivity contribution in [3.05, 3.63) is 101 Å². The Labute approximate surface area is 210 Å². The number of hydrogen-bond acceptors (Lipinski definition) is 3. The molecule has 2 unspecified atom stereocenters. The van der Waals surface area contributed by atoms with E-state index in [1.807, 2.05) is 59.5 Å². The number of benzene rings is 3. The van der Waals surface area contributed by atoms with E-state index >= 15 is 0 Å². The number of carbonyl (C=O) groups is 2. The van der Waals surface area contributed by atoms with Crippen molar-refractivity contribution in [3.8, 4) is 5.75 Å². The summed E-state index contributed by atoms with van der Waals surface area (Å²) in [6.07, 6.45) is 2.22. The number of aryl methyl sites for hydroxylation is 1. The van der Waals surface area contributed by atoms with Crippen LogP contribution in [0.5, 0.6) is 5.75 Å². The zero-order valence-corrected chi connectivity index (χ0v) is 20.3. The van der Waals surface area contributed by atoms with E-state index in [0.717, 1.165) is 46.3 Å². The lowest BCUT2D eigenvalue weighted by Crippen LogP contribution is -2.63. The highest BCUT2D eigenvalue weighted by atomic mass is 16.5. The minimum absolute atomic E-state index is 0.0172. The third-order valence-electron chi connectivity index (χ3n) is 7.49. The number of ether oxygens (including phenoxy) is 1. The van der Waals surface area contributed by atoms with Gasteiger partial charge in [-0.15, -0.1) is 0 Å². The Morgan fingerprint density at radius 2 is 1.78 bits per heavy atom. The molecule has 0 bridgehead atoms. The second-order valence-electron chi connectivity index (χ2n) is 9.61. The summed E-state index contributed by atoms with van der Waals surface area (Å²) < 4.78 is 5.49. The van der Waals surface area contributed by atoms with Crippen LogP contribution in [-0.2, 0) is 22.4 Å². The number of methoxy groups -OCH3 is 1. The summed E-state index contributed by atoms with van der Waals surface area (Å²) in [4.78, 5) is 34.6. The number of H-pyrrole nitrogens is 1. The monoisotopic (exact) mass is 479 g/mol. The van der Waals surface area contributed by atoms with Gasteiger partial charge in [0, 0.05) is 29.6 Å². The molecule has 182 valence electrons. The molecule has 2 atom stereocenters. The van der Waals surface area contributed by atoms with Crippen molar-refractivity contribution in [3.63, 3.8) is 0 Å². The van der Waals surface area contributed by atoms with Crippen LogP contribution in [-0.4, -0.2) is 52.8 Å². The molecule has 36 heavy (non-hydrogen) atoms. The maximum atomic E-state index is 13.8. The van der Waals surface area contributed by atoms with E-state index in [1.165, 1.54) is 5.56 Å². The van der Waals surface area contributed by atoms with Crippen LogP contribution in [0.3, 0.4) is 0 Å². The van der Waals surface area contributed by atoms with Crippen LogP contribution in [0.4, 0.5) is 0 Å². The second kappa shape index (κ2) is 9.19. The topological polar surface area (TPSA) is 65.6 Å². The van der Waals surface area contributed by atoms with Gasteiger partial charge in [-0.05, 0) is 47.7 Å². The third kappa shape index (κ3) is 3.83. The van der Waals surface area contributed by atoms with Gasteiger partial charge in [0.15, 0.2) is 0 Å². The summed E-state index contributed by atoms with van der Waals surface area (Å²) in [6.45, 7) is 0.689. The van der Waals surface area contributed by atoms with Gasteiger partial charge in [0.25, 0.3) is 0 Å². The van der Waals surface area contributed by atoms with Crippen molar-refractivity contribution >= 4 is 22.7 Å². The van der Waals surface area contributed by atoms with Gasteiger partial charge in [0.2, 0.25) is 11.8 Å². The van der Waals surface area contributed by atoms with E-state index in [2.05, 4.69) is 29.2 Å². The number of nitrogens with zero attached hydrogens (tertiary/aromatic N) is 2. The van der Waals surface area contributed by atoms with E-state index in [9.17, 15) is 9.59 Å². The first-order valence-corrected chi connectivity index (χ1v) is 12.5. The Balaban J connectivity index is 1.35. The fourth-order valence-electron chi connectivity index (χ4n) is 5.79. The van der Waals surface area contributed by atoms with Crippen molar-refractivity contribution < 1.29 is 14.3 Å². The average Bonchev–Trinajstić information content (AvgIpc) is 3.29. The standard InChI is InChI=1S/C30H29N3O3/c1-36-22-13-7-12-21(17-22)29-28-24(23-14-5-6-15-25(23)31-28)18-26-30(35)32(19-27(34)33(26)29)16-8-11-20-9-3-2-4-10-20/h2-7,9-10,12-15,17,26,29,31H,8,11,16,18-19H2,1H3. The number of nitrogens with one attached hydrogen (secondary N) is 1. The van der Waals surface area contributed by atoms with E-state index in [1.54, 1.807) is 12.0 Å². The molecular weight excluding hydrogens is 450 g/mol. The first-order valence-electron chi connectivity index (χ1n) is 12.5. The van der Waals surface area contributed by atoms with Gasteiger partial charge >= 0.3 is 0 Å². The highest BCUT2D eigenvalue weighted by molar-refractivity contribution is 5.97. The number of amides is 2. The fourth-order valence-corrected chi connectivity index (χ4v) is 5.79. The minimum Gasteiger partial charge on any atom is -0.497 e. The predicted octanol–water partition coefficient (Wildman–Crippen LogP) is 4.49. The zero-order chi connectivity index (χ0) is 24.6. The number of para-hydroxylation sites is 1. The molecule has 0 spiro atoms. The summed E-state index contributed by atoms with van der Waals surface area (Å²) in [5.41, 5.74) is 5.31. The highest BCUT2D eigenvalue weighted by Gasteiger charge is 2.48. The van der Waals surface area contributed by atoms with Crippen molar-refractivity contribution in [2.45, 2.75) is 31.3 Å². The molecule has 6 rings (SSSR count). The van der Waals surface area contributed by atoms with Gasteiger partial charge in [-0.2, -0.15) is 0 Å². The number of hydrogen-bond donors (Lipinski definition) is 1. The summed E-state index contributed by atoms with van der Waals surface area (Å²) in [7, 11) is 1.64. The van der Waals surface area contributed by atoms with Crippen LogP contribution in [0, 0.1) is 0 Å². The SMILES string of the molecule is COc1cccc(C2c3[nH]c4ccccc4c3CC3C(=O)N(CCCc4ccccc4)CC(=O)N32)c1. The van der Waals surface area contributed by atoms with Crippen LogP contribution in [0.25, 0.3) is 10.9 Å². The summed E-state index contributed by atoms with van der Waals surface area (Å²) in [5.74, 6) is 0.744. The molecule has 3 aromatic carbocycles. The largest absolute Gasteiger partial charge is 0.497 e. The van der Waals surface area contributed by atoms with E-state index < -0.39 is 6.04 Å². The van der Waals surface area contributed by atoms with E-state index in [-0.39, 0.29) is 24.4 Å². The lowest BCUT2D eigenvalue weighted by atomic mass is 9.86. The highest BCUT2D eigenvalue weighted by Crippen LogP contribution is 2.43. The maximum Gasteiger partial charge on any atom is 0.246 e. The summed E-state index contributed by atoms with van der Waals surface area (Å²) in [6, 6.07) is 25.3. The molecule has 2 aliphatic rings. The van der Waals surface area contributed by atoms with E-state index in [0.29, 0.717) is 13.0 Å². The minimum atomic E-state index is -0.522. The van der Waals surface area contributed by atoms with Crippen LogP contribution < -0.4 is 4.74 Å². The number of fused-ring (bicyclic) bond motifs is 4. The predicted molar refractivity (Wildman–Crippen MR) is 139 cm³/mol. The van der Waals surface area contributed by atoms with Gasteiger partial charge in [0.05, 0.1) is 19.7 Å². The van der Waals surface area contributed by atoms with Crippen LogP contribution in [0.2, 0.25) is 0 Å². The molecule has 1 aromatic heterocycles. The molecule has 0 aliphatic carbocycles. The second-order valence-corrected chi connectivity index (χ2v) is 9.61. The molecule has 6 heteroatoms. The van der Waals surface area contributed by atoms with Gasteiger partial charge < -0.3 is 19.5 Å². The Morgan fingerprint density at radius 1 is 0.972 bits per heavy atom. The quantitative estimate of drug-likeness (QED) is 0.443. The number of aromatic amines is 1. The first-order chi connectivity index (χ1) is 17.6. The van der Waals surface area contributed by atoms with Crippen molar-refractivity contribution in [2.75, 3.05) is 20.2 Å². The Morgan fingerprint density at radius 3 is 2.61 bits per heavy atom. The Hall–Kier alpha value is -4.06. The summed E-state index contributed by atoms with van der Waals surface area (Å²) >= 11 is 0. The molecule has 0 radical (unpaired) electrons. The molecule has 0 saturated carbocycles. The van der Waals surface area contributed by atoms with Crippen molar-refractivity contribution in [1.29, 1.82) is 0 Å². The molecule has 2 amide bonds. The lowest BCUT2D eigenvalue weighted by molar-refractivity contribution is -0.158. The Bertz CT molecular complexity index is 1430. The molecule has 1 saturated heterocycles. The van der Waals surface area contributed by atoms with Crippen LogP contribution >= 0.6 is 0 Å². The van der Waals surface area contributed by atoms with Gasteiger partial charge in [-0.25, -0.2) is 0 Å². The fraction of sp³-hybridized carbons (Fsp3) is 0.267. The van der Waals surface area contributed by atoms with Crippen molar-refractivity contribution in [2.24, 2.45) is 0 Å². The number of carbonyl (C=O) groups excluding carboxylic acids is 2. The molecule has 1 fully saturated rings. The molecule has 1 N–H and O–H groups in total.